The van der Waals surface area contributed by atoms with Crippen molar-refractivity contribution in [3.63, 3.8) is 0 Å². The average Bonchev–Trinajstić information content (AvgIpc) is 3.33. The molecule has 1 aliphatic rings. The van der Waals surface area contributed by atoms with Gasteiger partial charge >= 0.3 is 0 Å². The molecule has 0 spiro atoms. The standard InChI is InChI=1S/C24H24N2O4S/c1-29-13-12-26-22(20-11-6-14-31-20)21(18-9-3-4-10-19(18)24(26)28)23(27)25-16-7-5-8-17(15-16)30-2/h3-11,14-15,21-22H,12-13H2,1-2H3,(H,25,27)/t21-,22-/m1/s1. The van der Waals surface area contributed by atoms with Gasteiger partial charge in [-0.3, -0.25) is 9.59 Å². The molecule has 2 amide bonds. The fraction of sp³-hybridized carbons (Fsp3) is 0.250. The summed E-state index contributed by atoms with van der Waals surface area (Å²) >= 11 is 1.54. The van der Waals surface area contributed by atoms with E-state index in [2.05, 4.69) is 5.32 Å². The quantitative estimate of drug-likeness (QED) is 0.599. The van der Waals surface area contributed by atoms with E-state index in [1.165, 1.54) is 0 Å². The smallest absolute Gasteiger partial charge is 0.254 e. The van der Waals surface area contributed by atoms with Crippen molar-refractivity contribution >= 4 is 28.8 Å². The zero-order valence-electron chi connectivity index (χ0n) is 17.4. The second kappa shape index (κ2) is 9.32. The SMILES string of the molecule is COCCN1C(=O)c2ccccc2[C@@H](C(=O)Nc2cccc(OC)c2)[C@H]1c1cccs1. The van der Waals surface area contributed by atoms with Gasteiger partial charge in [0.15, 0.2) is 0 Å². The Morgan fingerprint density at radius 1 is 1.10 bits per heavy atom. The van der Waals surface area contributed by atoms with Crippen molar-refractivity contribution in [1.29, 1.82) is 0 Å². The van der Waals surface area contributed by atoms with Crippen molar-refractivity contribution < 1.29 is 19.1 Å². The van der Waals surface area contributed by atoms with Gasteiger partial charge < -0.3 is 19.7 Å². The molecule has 0 aliphatic carbocycles. The summed E-state index contributed by atoms with van der Waals surface area (Å²) in [6.45, 7) is 0.787. The summed E-state index contributed by atoms with van der Waals surface area (Å²) in [4.78, 5) is 29.7. The highest BCUT2D eigenvalue weighted by molar-refractivity contribution is 7.10. The Morgan fingerprint density at radius 2 is 1.94 bits per heavy atom. The maximum atomic E-state index is 13.6. The molecule has 2 heterocycles. The van der Waals surface area contributed by atoms with Gasteiger partial charge in [0.25, 0.3) is 5.91 Å². The van der Waals surface area contributed by atoms with E-state index in [-0.39, 0.29) is 11.8 Å². The molecular formula is C24H24N2O4S. The van der Waals surface area contributed by atoms with Crippen molar-refractivity contribution in [1.82, 2.24) is 4.90 Å². The molecular weight excluding hydrogens is 412 g/mol. The number of anilines is 1. The first kappa shape index (κ1) is 21.1. The van der Waals surface area contributed by atoms with Crippen LogP contribution in [0.4, 0.5) is 5.69 Å². The van der Waals surface area contributed by atoms with Gasteiger partial charge in [0.1, 0.15) is 5.75 Å². The third kappa shape index (κ3) is 4.19. The van der Waals surface area contributed by atoms with Gasteiger partial charge in [-0.15, -0.1) is 11.3 Å². The molecule has 1 aliphatic heterocycles. The second-order valence-electron chi connectivity index (χ2n) is 7.24. The molecule has 3 aromatic rings. The number of ether oxygens (including phenoxy) is 2. The lowest BCUT2D eigenvalue weighted by Crippen LogP contribution is -2.47. The first-order valence-corrected chi connectivity index (χ1v) is 10.9. The Hall–Kier alpha value is -3.16. The van der Waals surface area contributed by atoms with Crippen LogP contribution in [-0.2, 0) is 9.53 Å². The van der Waals surface area contributed by atoms with Crippen LogP contribution in [0.5, 0.6) is 5.75 Å². The number of carbonyl (C=O) groups is 2. The highest BCUT2D eigenvalue weighted by Crippen LogP contribution is 2.44. The predicted octanol–water partition coefficient (Wildman–Crippen LogP) is 4.32. The summed E-state index contributed by atoms with van der Waals surface area (Å²) in [6.07, 6.45) is 0. The molecule has 2 atom stereocenters. The number of amides is 2. The van der Waals surface area contributed by atoms with E-state index in [0.29, 0.717) is 30.2 Å². The van der Waals surface area contributed by atoms with Crippen LogP contribution in [0.3, 0.4) is 0 Å². The van der Waals surface area contributed by atoms with Crippen LogP contribution < -0.4 is 10.1 Å². The van der Waals surface area contributed by atoms with Crippen LogP contribution in [0.2, 0.25) is 0 Å². The molecule has 0 saturated carbocycles. The van der Waals surface area contributed by atoms with Gasteiger partial charge in [-0.2, -0.15) is 0 Å². The number of hydrogen-bond acceptors (Lipinski definition) is 5. The molecule has 6 nitrogen and oxygen atoms in total. The van der Waals surface area contributed by atoms with Crippen LogP contribution in [0, 0.1) is 0 Å². The summed E-state index contributed by atoms with van der Waals surface area (Å²) in [7, 11) is 3.19. The topological polar surface area (TPSA) is 67.9 Å². The molecule has 0 bridgehead atoms. The van der Waals surface area contributed by atoms with Crippen LogP contribution in [0.25, 0.3) is 0 Å². The summed E-state index contributed by atoms with van der Waals surface area (Å²) in [6, 6.07) is 18.1. The lowest BCUT2D eigenvalue weighted by atomic mass is 9.81. The van der Waals surface area contributed by atoms with E-state index in [4.69, 9.17) is 9.47 Å². The number of methoxy groups -OCH3 is 2. The first-order valence-electron chi connectivity index (χ1n) is 10.0. The van der Waals surface area contributed by atoms with Gasteiger partial charge in [-0.1, -0.05) is 30.3 Å². The largest absolute Gasteiger partial charge is 0.497 e. The highest BCUT2D eigenvalue weighted by atomic mass is 32.1. The molecule has 1 N–H and O–H groups in total. The molecule has 0 saturated heterocycles. The number of hydrogen-bond donors (Lipinski definition) is 1. The lowest BCUT2D eigenvalue weighted by molar-refractivity contribution is -0.119. The van der Waals surface area contributed by atoms with Crippen molar-refractivity contribution in [2.45, 2.75) is 12.0 Å². The van der Waals surface area contributed by atoms with Crippen molar-refractivity contribution in [2.75, 3.05) is 32.7 Å². The Labute approximate surface area is 185 Å². The van der Waals surface area contributed by atoms with E-state index in [1.807, 2.05) is 53.9 Å². The number of benzene rings is 2. The number of carbonyl (C=O) groups excluding carboxylic acids is 2. The summed E-state index contributed by atoms with van der Waals surface area (Å²) in [5.41, 5.74) is 1.93. The molecule has 0 radical (unpaired) electrons. The van der Waals surface area contributed by atoms with E-state index in [9.17, 15) is 9.59 Å². The molecule has 7 heteroatoms. The van der Waals surface area contributed by atoms with E-state index in [1.54, 1.807) is 42.6 Å². The summed E-state index contributed by atoms with van der Waals surface area (Å²) in [5, 5.41) is 4.99. The molecule has 1 aromatic heterocycles. The van der Waals surface area contributed by atoms with Gasteiger partial charge in [0.05, 0.1) is 25.7 Å². The van der Waals surface area contributed by atoms with Crippen LogP contribution in [0.15, 0.2) is 66.0 Å². The van der Waals surface area contributed by atoms with E-state index < -0.39 is 12.0 Å². The summed E-state index contributed by atoms with van der Waals surface area (Å²) in [5.74, 6) is -0.158. The number of thiophene rings is 1. The monoisotopic (exact) mass is 436 g/mol. The van der Waals surface area contributed by atoms with Crippen molar-refractivity contribution in [3.8, 4) is 5.75 Å². The Morgan fingerprint density at radius 3 is 2.68 bits per heavy atom. The number of nitrogens with one attached hydrogen (secondary N) is 1. The van der Waals surface area contributed by atoms with Gasteiger partial charge in [-0.05, 0) is 35.2 Å². The first-order chi connectivity index (χ1) is 15.1. The van der Waals surface area contributed by atoms with Crippen molar-refractivity contribution in [2.24, 2.45) is 0 Å². The van der Waals surface area contributed by atoms with Crippen LogP contribution in [-0.4, -0.2) is 44.1 Å². The van der Waals surface area contributed by atoms with Gasteiger partial charge in [0, 0.05) is 35.8 Å². The molecule has 2 aromatic carbocycles. The van der Waals surface area contributed by atoms with Gasteiger partial charge in [0.2, 0.25) is 5.91 Å². The normalized spacial score (nSPS) is 17.9. The van der Waals surface area contributed by atoms with E-state index >= 15 is 0 Å². The van der Waals surface area contributed by atoms with Crippen LogP contribution in [0.1, 0.15) is 32.8 Å². The fourth-order valence-electron chi connectivity index (χ4n) is 4.01. The number of rotatable bonds is 7. The molecule has 31 heavy (non-hydrogen) atoms. The lowest BCUT2D eigenvalue weighted by Gasteiger charge is -2.41. The average molecular weight is 437 g/mol. The summed E-state index contributed by atoms with van der Waals surface area (Å²) < 4.78 is 10.5. The Bertz CT molecular complexity index is 1070. The fourth-order valence-corrected chi connectivity index (χ4v) is 4.88. The third-order valence-corrected chi connectivity index (χ3v) is 6.37. The predicted molar refractivity (Wildman–Crippen MR) is 121 cm³/mol. The molecule has 0 unspecified atom stereocenters. The zero-order chi connectivity index (χ0) is 21.8. The number of nitrogens with zero attached hydrogens (tertiary/aromatic N) is 1. The van der Waals surface area contributed by atoms with Crippen LogP contribution >= 0.6 is 11.3 Å². The number of fused-ring (bicyclic) bond motifs is 1. The molecule has 0 fully saturated rings. The van der Waals surface area contributed by atoms with Crippen molar-refractivity contribution in [3.05, 3.63) is 82.0 Å². The molecule has 4 rings (SSSR count). The minimum Gasteiger partial charge on any atom is -0.497 e. The zero-order valence-corrected chi connectivity index (χ0v) is 18.2. The van der Waals surface area contributed by atoms with E-state index in [0.717, 1.165) is 10.4 Å². The highest BCUT2D eigenvalue weighted by Gasteiger charge is 2.44. The second-order valence-corrected chi connectivity index (χ2v) is 8.22. The minimum atomic E-state index is -0.560. The maximum Gasteiger partial charge on any atom is 0.254 e. The minimum absolute atomic E-state index is 0.0866. The Balaban J connectivity index is 1.78. The third-order valence-electron chi connectivity index (χ3n) is 5.43. The molecule has 160 valence electrons. The van der Waals surface area contributed by atoms with Gasteiger partial charge in [-0.25, -0.2) is 0 Å². The maximum absolute atomic E-state index is 13.6. The Kier molecular flexibility index (Phi) is 6.34.